The summed E-state index contributed by atoms with van der Waals surface area (Å²) in [6, 6.07) is 8.86. The Balaban J connectivity index is 1.97. The van der Waals surface area contributed by atoms with Crippen molar-refractivity contribution in [3.05, 3.63) is 46.0 Å². The highest BCUT2D eigenvalue weighted by molar-refractivity contribution is 9.10. The van der Waals surface area contributed by atoms with E-state index in [1.807, 2.05) is 12.1 Å². The van der Waals surface area contributed by atoms with Gasteiger partial charge in [0.2, 0.25) is 5.82 Å². The van der Waals surface area contributed by atoms with Crippen molar-refractivity contribution in [2.24, 2.45) is 0 Å². The number of rotatable bonds is 2. The smallest absolute Gasteiger partial charge is 0.276 e. The molecule has 5 nitrogen and oxygen atoms in total. The number of aromatic nitrogens is 3. The van der Waals surface area contributed by atoms with Gasteiger partial charge >= 0.3 is 0 Å². The minimum Gasteiger partial charge on any atom is -0.397 e. The summed E-state index contributed by atoms with van der Waals surface area (Å²) in [6.07, 6.45) is 1.54. The number of nitrogens with zero attached hydrogens (tertiary/aromatic N) is 3. The molecular weight excluding hydrogens is 344 g/mol. The number of hydrogen-bond donors (Lipinski definition) is 1. The van der Waals surface area contributed by atoms with E-state index in [1.165, 1.54) is 6.20 Å². The van der Waals surface area contributed by atoms with Crippen molar-refractivity contribution >= 4 is 33.2 Å². The summed E-state index contributed by atoms with van der Waals surface area (Å²) in [5.41, 5.74) is 7.54. The van der Waals surface area contributed by atoms with Crippen LogP contribution in [0.4, 0.5) is 5.69 Å². The SMILES string of the molecule is Nc1ccc(-c2nc(-c3ccc(Cl)c(Br)c3)no2)nc1. The van der Waals surface area contributed by atoms with E-state index in [0.717, 1.165) is 10.0 Å². The summed E-state index contributed by atoms with van der Waals surface area (Å²) in [6.45, 7) is 0. The maximum absolute atomic E-state index is 5.95. The zero-order valence-corrected chi connectivity index (χ0v) is 12.4. The molecule has 100 valence electrons. The van der Waals surface area contributed by atoms with Crippen molar-refractivity contribution in [3.8, 4) is 23.0 Å². The molecule has 3 rings (SSSR count). The molecule has 0 saturated carbocycles. The Morgan fingerprint density at radius 2 is 2.05 bits per heavy atom. The summed E-state index contributed by atoms with van der Waals surface area (Å²) >= 11 is 9.31. The van der Waals surface area contributed by atoms with Crippen molar-refractivity contribution in [3.63, 3.8) is 0 Å². The first kappa shape index (κ1) is 13.1. The second-order valence-electron chi connectivity index (χ2n) is 4.03. The molecule has 0 fully saturated rings. The lowest BCUT2D eigenvalue weighted by atomic mass is 10.2. The van der Waals surface area contributed by atoms with E-state index in [2.05, 4.69) is 31.1 Å². The first-order valence-corrected chi connectivity index (χ1v) is 6.81. The maximum atomic E-state index is 5.95. The number of nitrogen functional groups attached to an aromatic ring is 1. The van der Waals surface area contributed by atoms with Crippen molar-refractivity contribution in [2.45, 2.75) is 0 Å². The molecule has 0 spiro atoms. The monoisotopic (exact) mass is 350 g/mol. The van der Waals surface area contributed by atoms with Crippen LogP contribution in [0.1, 0.15) is 0 Å². The topological polar surface area (TPSA) is 77.8 Å². The summed E-state index contributed by atoms with van der Waals surface area (Å²) in [5, 5.41) is 4.56. The zero-order chi connectivity index (χ0) is 14.1. The predicted molar refractivity (Wildman–Crippen MR) is 80.1 cm³/mol. The Morgan fingerprint density at radius 1 is 1.20 bits per heavy atom. The predicted octanol–water partition coefficient (Wildman–Crippen LogP) is 3.80. The van der Waals surface area contributed by atoms with E-state index in [-0.39, 0.29) is 0 Å². The lowest BCUT2D eigenvalue weighted by Gasteiger charge is -1.97. The molecule has 0 unspecified atom stereocenters. The number of benzene rings is 1. The third-order valence-corrected chi connectivity index (χ3v) is 3.82. The Bertz CT molecular complexity index is 757. The zero-order valence-electron chi connectivity index (χ0n) is 10.0. The quantitative estimate of drug-likeness (QED) is 0.760. The van der Waals surface area contributed by atoms with Crippen LogP contribution in [0.2, 0.25) is 5.02 Å². The van der Waals surface area contributed by atoms with E-state index in [4.69, 9.17) is 21.9 Å². The van der Waals surface area contributed by atoms with Crippen molar-refractivity contribution < 1.29 is 4.52 Å². The molecule has 0 aliphatic rings. The van der Waals surface area contributed by atoms with E-state index < -0.39 is 0 Å². The molecular formula is C13H8BrClN4O. The number of hydrogen-bond acceptors (Lipinski definition) is 5. The van der Waals surface area contributed by atoms with Gasteiger partial charge in [0.05, 0.1) is 16.9 Å². The van der Waals surface area contributed by atoms with Crippen molar-refractivity contribution in [1.29, 1.82) is 0 Å². The van der Waals surface area contributed by atoms with Crippen LogP contribution in [-0.4, -0.2) is 15.1 Å². The number of pyridine rings is 1. The Kier molecular flexibility index (Phi) is 3.42. The van der Waals surface area contributed by atoms with Gasteiger partial charge < -0.3 is 10.3 Å². The van der Waals surface area contributed by atoms with Crippen LogP contribution < -0.4 is 5.73 Å². The van der Waals surface area contributed by atoms with Gasteiger partial charge in [-0.25, -0.2) is 4.98 Å². The average Bonchev–Trinajstić information content (AvgIpc) is 2.92. The Labute approximate surface area is 127 Å². The van der Waals surface area contributed by atoms with Gasteiger partial charge in [0.15, 0.2) is 0 Å². The summed E-state index contributed by atoms with van der Waals surface area (Å²) in [4.78, 5) is 8.44. The molecule has 3 aromatic rings. The second kappa shape index (κ2) is 5.22. The van der Waals surface area contributed by atoms with Gasteiger partial charge in [0.1, 0.15) is 5.69 Å². The van der Waals surface area contributed by atoms with Crippen LogP contribution in [0.3, 0.4) is 0 Å². The van der Waals surface area contributed by atoms with Gasteiger partial charge in [-0.05, 0) is 46.3 Å². The van der Waals surface area contributed by atoms with Gasteiger partial charge in [-0.2, -0.15) is 4.98 Å². The van der Waals surface area contributed by atoms with Gasteiger partial charge in [0, 0.05) is 10.0 Å². The normalized spacial score (nSPS) is 10.7. The average molecular weight is 352 g/mol. The fourth-order valence-electron chi connectivity index (χ4n) is 1.61. The van der Waals surface area contributed by atoms with Crippen LogP contribution in [0.15, 0.2) is 45.5 Å². The van der Waals surface area contributed by atoms with Crippen molar-refractivity contribution in [1.82, 2.24) is 15.1 Å². The summed E-state index contributed by atoms with van der Waals surface area (Å²) in [7, 11) is 0. The molecule has 0 atom stereocenters. The van der Waals surface area contributed by atoms with E-state index >= 15 is 0 Å². The van der Waals surface area contributed by atoms with Crippen LogP contribution in [-0.2, 0) is 0 Å². The van der Waals surface area contributed by atoms with E-state index in [1.54, 1.807) is 18.2 Å². The van der Waals surface area contributed by atoms with Crippen LogP contribution in [0.25, 0.3) is 23.0 Å². The number of halogens is 2. The Hall–Kier alpha value is -1.92. The first-order valence-electron chi connectivity index (χ1n) is 5.64. The third-order valence-electron chi connectivity index (χ3n) is 2.61. The molecule has 20 heavy (non-hydrogen) atoms. The molecule has 0 bridgehead atoms. The number of anilines is 1. The molecule has 0 aliphatic heterocycles. The lowest BCUT2D eigenvalue weighted by Crippen LogP contribution is -1.88. The molecule has 0 amide bonds. The van der Waals surface area contributed by atoms with E-state index in [9.17, 15) is 0 Å². The third kappa shape index (κ3) is 2.52. The minimum absolute atomic E-state index is 0.339. The first-order chi connectivity index (χ1) is 9.63. The van der Waals surface area contributed by atoms with Gasteiger partial charge in [-0.15, -0.1) is 0 Å². The van der Waals surface area contributed by atoms with Crippen molar-refractivity contribution in [2.75, 3.05) is 5.73 Å². The molecule has 0 radical (unpaired) electrons. The molecule has 0 saturated heterocycles. The fraction of sp³-hybridized carbons (Fsp3) is 0. The van der Waals surface area contributed by atoms with Crippen LogP contribution in [0.5, 0.6) is 0 Å². The molecule has 7 heteroatoms. The molecule has 1 aromatic carbocycles. The van der Waals surface area contributed by atoms with Crippen LogP contribution in [0, 0.1) is 0 Å². The highest BCUT2D eigenvalue weighted by Gasteiger charge is 2.12. The summed E-state index contributed by atoms with van der Waals surface area (Å²) < 4.78 is 5.97. The highest BCUT2D eigenvalue weighted by Crippen LogP contribution is 2.28. The summed E-state index contributed by atoms with van der Waals surface area (Å²) in [5.74, 6) is 0.807. The van der Waals surface area contributed by atoms with Gasteiger partial charge in [-0.1, -0.05) is 16.8 Å². The van der Waals surface area contributed by atoms with Crippen LogP contribution >= 0.6 is 27.5 Å². The standard InChI is InChI=1S/C13H8BrClN4O/c14-9-5-7(1-3-10(9)15)12-18-13(20-19-12)11-4-2-8(16)6-17-11/h1-6H,16H2. The Morgan fingerprint density at radius 3 is 2.75 bits per heavy atom. The lowest BCUT2D eigenvalue weighted by molar-refractivity contribution is 0.431. The molecule has 0 aliphatic carbocycles. The fourth-order valence-corrected chi connectivity index (χ4v) is 2.11. The maximum Gasteiger partial charge on any atom is 0.276 e. The molecule has 2 N–H and O–H groups in total. The minimum atomic E-state index is 0.339. The van der Waals surface area contributed by atoms with Gasteiger partial charge in [0.25, 0.3) is 5.89 Å². The molecule has 2 heterocycles. The highest BCUT2D eigenvalue weighted by atomic mass is 79.9. The second-order valence-corrected chi connectivity index (χ2v) is 5.29. The van der Waals surface area contributed by atoms with E-state index in [0.29, 0.717) is 28.1 Å². The number of nitrogens with two attached hydrogens (primary N) is 1. The van der Waals surface area contributed by atoms with Gasteiger partial charge in [-0.3, -0.25) is 0 Å². The largest absolute Gasteiger partial charge is 0.397 e. The molecule has 2 aromatic heterocycles.